The molecule has 0 aromatic carbocycles. The summed E-state index contributed by atoms with van der Waals surface area (Å²) in [7, 11) is 0. The second kappa shape index (κ2) is 4.23. The van der Waals surface area contributed by atoms with Crippen molar-refractivity contribution in [3.63, 3.8) is 0 Å². The molecular formula is C11H13N3O. The summed E-state index contributed by atoms with van der Waals surface area (Å²) < 4.78 is 1.78. The van der Waals surface area contributed by atoms with Crippen molar-refractivity contribution in [2.24, 2.45) is 0 Å². The van der Waals surface area contributed by atoms with E-state index in [0.29, 0.717) is 0 Å². The van der Waals surface area contributed by atoms with Gasteiger partial charge in [-0.05, 0) is 19.1 Å². The molecule has 0 bridgehead atoms. The lowest BCUT2D eigenvalue weighted by Crippen LogP contribution is -2.09. The monoisotopic (exact) mass is 203 g/mol. The summed E-state index contributed by atoms with van der Waals surface area (Å²) in [6.45, 7) is 2.74. The molecule has 15 heavy (non-hydrogen) atoms. The standard InChI is InChI=1S/C11H13N3O/c1-2-14-10(5-7-13-14)11(15)9-4-3-6-12-8-9/h3-8,11,15H,2H2,1H3. The van der Waals surface area contributed by atoms with Crippen LogP contribution in [0.2, 0.25) is 0 Å². The third-order valence-corrected chi connectivity index (χ3v) is 2.33. The highest BCUT2D eigenvalue weighted by Crippen LogP contribution is 2.20. The summed E-state index contributed by atoms with van der Waals surface area (Å²) >= 11 is 0. The second-order valence-electron chi connectivity index (χ2n) is 3.26. The molecule has 0 amide bonds. The molecule has 2 heterocycles. The van der Waals surface area contributed by atoms with Crippen LogP contribution in [-0.4, -0.2) is 19.9 Å². The Kier molecular flexibility index (Phi) is 2.78. The lowest BCUT2D eigenvalue weighted by molar-refractivity contribution is 0.207. The summed E-state index contributed by atoms with van der Waals surface area (Å²) in [5.74, 6) is 0. The Balaban J connectivity index is 2.32. The Morgan fingerprint density at radius 1 is 1.40 bits per heavy atom. The molecule has 1 N–H and O–H groups in total. The average Bonchev–Trinajstić information content (AvgIpc) is 2.77. The minimum Gasteiger partial charge on any atom is -0.382 e. The average molecular weight is 203 g/mol. The summed E-state index contributed by atoms with van der Waals surface area (Å²) in [4.78, 5) is 3.98. The molecule has 0 saturated heterocycles. The largest absolute Gasteiger partial charge is 0.382 e. The van der Waals surface area contributed by atoms with Gasteiger partial charge in [0.25, 0.3) is 0 Å². The number of pyridine rings is 1. The molecule has 0 spiro atoms. The molecule has 4 heteroatoms. The Hall–Kier alpha value is -1.68. The molecule has 2 rings (SSSR count). The van der Waals surface area contributed by atoms with E-state index in [1.807, 2.05) is 25.1 Å². The van der Waals surface area contributed by atoms with Crippen LogP contribution in [0.5, 0.6) is 0 Å². The minimum atomic E-state index is -0.652. The molecule has 0 radical (unpaired) electrons. The normalized spacial score (nSPS) is 12.7. The number of nitrogens with zero attached hydrogens (tertiary/aromatic N) is 3. The molecule has 2 aromatic rings. The predicted octanol–water partition coefficient (Wildman–Crippen LogP) is 1.38. The van der Waals surface area contributed by atoms with E-state index in [0.717, 1.165) is 17.8 Å². The summed E-state index contributed by atoms with van der Waals surface area (Å²) in [6, 6.07) is 5.48. The molecule has 0 aliphatic carbocycles. The van der Waals surface area contributed by atoms with Gasteiger partial charge in [0.1, 0.15) is 6.10 Å². The number of hydrogen-bond donors (Lipinski definition) is 1. The molecule has 4 nitrogen and oxygen atoms in total. The first-order valence-electron chi connectivity index (χ1n) is 4.92. The fourth-order valence-electron chi connectivity index (χ4n) is 1.55. The van der Waals surface area contributed by atoms with Gasteiger partial charge in [-0.25, -0.2) is 0 Å². The van der Waals surface area contributed by atoms with Gasteiger partial charge in [0.05, 0.1) is 5.69 Å². The zero-order valence-electron chi connectivity index (χ0n) is 8.54. The van der Waals surface area contributed by atoms with Gasteiger partial charge in [0, 0.05) is 30.7 Å². The van der Waals surface area contributed by atoms with E-state index in [1.54, 1.807) is 23.3 Å². The smallest absolute Gasteiger partial charge is 0.122 e. The van der Waals surface area contributed by atoms with Gasteiger partial charge in [-0.2, -0.15) is 5.10 Å². The molecule has 1 atom stereocenters. The van der Waals surface area contributed by atoms with E-state index in [2.05, 4.69) is 10.1 Å². The van der Waals surface area contributed by atoms with Crippen LogP contribution in [-0.2, 0) is 6.54 Å². The summed E-state index contributed by atoms with van der Waals surface area (Å²) in [5, 5.41) is 14.2. The van der Waals surface area contributed by atoms with Crippen LogP contribution < -0.4 is 0 Å². The first-order valence-corrected chi connectivity index (χ1v) is 4.92. The van der Waals surface area contributed by atoms with Gasteiger partial charge in [0.2, 0.25) is 0 Å². The van der Waals surface area contributed by atoms with Crippen molar-refractivity contribution >= 4 is 0 Å². The third kappa shape index (κ3) is 1.89. The highest BCUT2D eigenvalue weighted by molar-refractivity contribution is 5.22. The maximum Gasteiger partial charge on any atom is 0.122 e. The van der Waals surface area contributed by atoms with Crippen LogP contribution in [0.25, 0.3) is 0 Å². The molecule has 0 aliphatic heterocycles. The van der Waals surface area contributed by atoms with Crippen LogP contribution in [0, 0.1) is 0 Å². The first-order chi connectivity index (χ1) is 7.33. The van der Waals surface area contributed by atoms with Gasteiger partial charge in [-0.15, -0.1) is 0 Å². The number of aliphatic hydroxyl groups is 1. The molecule has 2 aromatic heterocycles. The zero-order valence-corrected chi connectivity index (χ0v) is 8.54. The fourth-order valence-corrected chi connectivity index (χ4v) is 1.55. The zero-order chi connectivity index (χ0) is 10.7. The van der Waals surface area contributed by atoms with Gasteiger partial charge in [0.15, 0.2) is 0 Å². The van der Waals surface area contributed by atoms with E-state index < -0.39 is 6.10 Å². The van der Waals surface area contributed by atoms with Crippen LogP contribution >= 0.6 is 0 Å². The second-order valence-corrected chi connectivity index (χ2v) is 3.26. The van der Waals surface area contributed by atoms with Crippen molar-refractivity contribution in [1.29, 1.82) is 0 Å². The van der Waals surface area contributed by atoms with Crippen LogP contribution in [0.15, 0.2) is 36.8 Å². The third-order valence-electron chi connectivity index (χ3n) is 2.33. The van der Waals surface area contributed by atoms with Crippen molar-refractivity contribution in [2.75, 3.05) is 0 Å². The number of aryl methyl sites for hydroxylation is 1. The van der Waals surface area contributed by atoms with E-state index in [4.69, 9.17) is 0 Å². The van der Waals surface area contributed by atoms with E-state index >= 15 is 0 Å². The molecule has 0 fully saturated rings. The van der Waals surface area contributed by atoms with Gasteiger partial charge >= 0.3 is 0 Å². The van der Waals surface area contributed by atoms with Gasteiger partial charge < -0.3 is 5.11 Å². The molecular weight excluding hydrogens is 190 g/mol. The highest BCUT2D eigenvalue weighted by atomic mass is 16.3. The van der Waals surface area contributed by atoms with E-state index in [9.17, 15) is 5.11 Å². The van der Waals surface area contributed by atoms with Crippen LogP contribution in [0.1, 0.15) is 24.3 Å². The van der Waals surface area contributed by atoms with Crippen LogP contribution in [0.3, 0.4) is 0 Å². The summed E-state index contributed by atoms with van der Waals surface area (Å²) in [5.41, 5.74) is 1.58. The fraction of sp³-hybridized carbons (Fsp3) is 0.273. The van der Waals surface area contributed by atoms with Crippen LogP contribution in [0.4, 0.5) is 0 Å². The topological polar surface area (TPSA) is 50.9 Å². The Morgan fingerprint density at radius 2 is 2.27 bits per heavy atom. The van der Waals surface area contributed by atoms with E-state index in [-0.39, 0.29) is 0 Å². The minimum absolute atomic E-state index is 0.652. The summed E-state index contributed by atoms with van der Waals surface area (Å²) in [6.07, 6.45) is 4.39. The number of hydrogen-bond acceptors (Lipinski definition) is 3. The maximum absolute atomic E-state index is 10.1. The Morgan fingerprint density at radius 3 is 2.93 bits per heavy atom. The quantitative estimate of drug-likeness (QED) is 0.819. The van der Waals surface area contributed by atoms with Crippen molar-refractivity contribution in [3.05, 3.63) is 48.0 Å². The molecule has 78 valence electrons. The Labute approximate surface area is 88.2 Å². The molecule has 0 saturated carbocycles. The first kappa shape index (κ1) is 9.86. The van der Waals surface area contributed by atoms with Crippen molar-refractivity contribution < 1.29 is 5.11 Å². The van der Waals surface area contributed by atoms with Crippen molar-refractivity contribution in [1.82, 2.24) is 14.8 Å². The lowest BCUT2D eigenvalue weighted by Gasteiger charge is -2.11. The van der Waals surface area contributed by atoms with Crippen molar-refractivity contribution in [2.45, 2.75) is 19.6 Å². The lowest BCUT2D eigenvalue weighted by atomic mass is 10.1. The highest BCUT2D eigenvalue weighted by Gasteiger charge is 2.14. The number of aromatic nitrogens is 3. The SMILES string of the molecule is CCn1nccc1C(O)c1cccnc1. The number of aliphatic hydroxyl groups excluding tert-OH is 1. The predicted molar refractivity (Wildman–Crippen MR) is 56.2 cm³/mol. The van der Waals surface area contributed by atoms with Gasteiger partial charge in [-0.1, -0.05) is 6.07 Å². The number of rotatable bonds is 3. The Bertz CT molecular complexity index is 424. The van der Waals surface area contributed by atoms with Gasteiger partial charge in [-0.3, -0.25) is 9.67 Å². The van der Waals surface area contributed by atoms with E-state index in [1.165, 1.54) is 0 Å². The maximum atomic E-state index is 10.1. The molecule has 1 unspecified atom stereocenters. The molecule has 0 aliphatic rings. The van der Waals surface area contributed by atoms with Crippen molar-refractivity contribution in [3.8, 4) is 0 Å².